The minimum atomic E-state index is -1.41. The number of para-hydroxylation sites is 1. The summed E-state index contributed by atoms with van der Waals surface area (Å²) in [5, 5.41) is 3.40. The normalized spacial score (nSPS) is 13.2. The quantitative estimate of drug-likeness (QED) is 0.452. The average Bonchev–Trinajstić information content (AvgIpc) is 2.64. The number of nitrogens with zero attached hydrogens (tertiary/aromatic N) is 1. The van der Waals surface area contributed by atoms with Gasteiger partial charge < -0.3 is 10.1 Å². The lowest BCUT2D eigenvalue weighted by Gasteiger charge is -2.20. The number of rotatable bonds is 10. The zero-order valence-corrected chi connectivity index (χ0v) is 18.8. The van der Waals surface area contributed by atoms with Gasteiger partial charge in [-0.2, -0.15) is 0 Å². The fourth-order valence-corrected chi connectivity index (χ4v) is 4.84. The largest absolute Gasteiger partial charge is 0.494 e. The van der Waals surface area contributed by atoms with Crippen LogP contribution in [-0.2, 0) is 11.0 Å². The van der Waals surface area contributed by atoms with Crippen molar-refractivity contribution in [3.63, 3.8) is 0 Å². The van der Waals surface area contributed by atoms with Gasteiger partial charge in [-0.3, -0.25) is 0 Å². The van der Waals surface area contributed by atoms with E-state index in [1.54, 1.807) is 13.2 Å². The summed E-state index contributed by atoms with van der Waals surface area (Å²) in [7, 11) is 0.152. The lowest BCUT2D eigenvalue weighted by atomic mass is 10.1. The highest BCUT2D eigenvalue weighted by atomic mass is 79.9. The first-order valence-electron chi connectivity index (χ1n) is 8.42. The fraction of sp³-hybridized carbons (Fsp3) is 0.389. The van der Waals surface area contributed by atoms with Crippen molar-refractivity contribution in [3.8, 4) is 5.75 Å². The Balaban J connectivity index is 2.08. The highest BCUT2D eigenvalue weighted by Crippen LogP contribution is 2.29. The molecule has 0 amide bonds. The molecule has 5 nitrogen and oxygen atoms in total. The van der Waals surface area contributed by atoms with E-state index < -0.39 is 11.0 Å². The lowest BCUT2D eigenvalue weighted by molar-refractivity contribution is 0.408. The summed E-state index contributed by atoms with van der Waals surface area (Å²) in [6.45, 7) is 2.84. The lowest BCUT2D eigenvalue weighted by Crippen LogP contribution is -2.37. The molecule has 0 spiro atoms. The molecule has 2 atom stereocenters. The summed E-state index contributed by atoms with van der Waals surface area (Å²) in [5.41, 5.74) is 1.05. The van der Waals surface area contributed by atoms with Crippen molar-refractivity contribution in [2.45, 2.75) is 37.1 Å². The van der Waals surface area contributed by atoms with Crippen molar-refractivity contribution in [1.82, 2.24) is 9.71 Å². The van der Waals surface area contributed by atoms with Gasteiger partial charge in [-0.15, -0.1) is 0 Å². The van der Waals surface area contributed by atoms with Gasteiger partial charge in [0.2, 0.25) is 0 Å². The molecule has 1 aromatic heterocycles. The maximum Gasteiger partial charge on any atom is 0.152 e. The van der Waals surface area contributed by atoms with Gasteiger partial charge in [0.15, 0.2) is 5.75 Å². The van der Waals surface area contributed by atoms with E-state index in [-0.39, 0.29) is 6.04 Å². The summed E-state index contributed by atoms with van der Waals surface area (Å²) in [4.78, 5) is 4.85. The zero-order valence-electron chi connectivity index (χ0n) is 14.8. The first-order valence-corrected chi connectivity index (χ1v) is 11.2. The number of anilines is 1. The number of hydrogen-bond donors (Lipinski definition) is 2. The molecule has 0 aliphatic carbocycles. The number of nitrogens with one attached hydrogen (secondary N) is 2. The van der Waals surface area contributed by atoms with Crippen LogP contribution in [0, 0.1) is 0 Å². The van der Waals surface area contributed by atoms with Crippen molar-refractivity contribution < 1.29 is 8.95 Å². The SMILES string of the molecule is CCCCC(CNc1ccccc1)NS(=O)c1cc(OC)c(Br)nc1Br. The molecule has 0 bridgehead atoms. The molecular weight excluding hydrogens is 482 g/mol. The van der Waals surface area contributed by atoms with E-state index in [1.165, 1.54) is 0 Å². The average molecular weight is 505 g/mol. The van der Waals surface area contributed by atoms with Gasteiger partial charge in [0.1, 0.15) is 20.2 Å². The van der Waals surface area contributed by atoms with E-state index in [1.807, 2.05) is 30.3 Å². The summed E-state index contributed by atoms with van der Waals surface area (Å²) in [6.07, 6.45) is 3.09. The van der Waals surface area contributed by atoms with Crippen LogP contribution in [0.1, 0.15) is 26.2 Å². The number of unbranched alkanes of at least 4 members (excludes halogenated alkanes) is 1. The van der Waals surface area contributed by atoms with Gasteiger partial charge in [0.05, 0.1) is 12.0 Å². The van der Waals surface area contributed by atoms with E-state index in [9.17, 15) is 4.21 Å². The predicted molar refractivity (Wildman–Crippen MR) is 114 cm³/mol. The summed E-state index contributed by atoms with van der Waals surface area (Å²) < 4.78 is 22.4. The molecule has 26 heavy (non-hydrogen) atoms. The summed E-state index contributed by atoms with van der Waals surface area (Å²) in [5.74, 6) is 0.547. The van der Waals surface area contributed by atoms with Crippen LogP contribution >= 0.6 is 31.9 Å². The van der Waals surface area contributed by atoms with Crippen molar-refractivity contribution in [2.24, 2.45) is 0 Å². The monoisotopic (exact) mass is 503 g/mol. The molecule has 0 aliphatic rings. The second kappa shape index (κ2) is 11.0. The van der Waals surface area contributed by atoms with Crippen LogP contribution < -0.4 is 14.8 Å². The Morgan fingerprint density at radius 1 is 1.23 bits per heavy atom. The third-order valence-corrected chi connectivity index (χ3v) is 6.48. The molecule has 0 fully saturated rings. The fourth-order valence-electron chi connectivity index (χ4n) is 2.37. The van der Waals surface area contributed by atoms with E-state index in [4.69, 9.17) is 4.74 Å². The summed E-state index contributed by atoms with van der Waals surface area (Å²) in [6, 6.07) is 11.8. The van der Waals surface area contributed by atoms with Crippen LogP contribution in [0.25, 0.3) is 0 Å². The van der Waals surface area contributed by atoms with E-state index in [0.29, 0.717) is 26.4 Å². The highest BCUT2D eigenvalue weighted by molar-refractivity contribution is 9.11. The van der Waals surface area contributed by atoms with Gasteiger partial charge in [-0.05, 0) is 50.4 Å². The number of benzene rings is 1. The molecule has 2 unspecified atom stereocenters. The second-order valence-corrected chi connectivity index (χ2v) is 8.46. The molecule has 2 aromatic rings. The van der Waals surface area contributed by atoms with Gasteiger partial charge in [0.25, 0.3) is 0 Å². The Morgan fingerprint density at radius 3 is 2.62 bits per heavy atom. The molecule has 1 heterocycles. The number of halogens is 2. The molecule has 2 N–H and O–H groups in total. The highest BCUT2D eigenvalue weighted by Gasteiger charge is 2.18. The van der Waals surface area contributed by atoms with Crippen LogP contribution in [0.15, 0.2) is 50.5 Å². The Bertz CT molecular complexity index is 732. The maximum atomic E-state index is 12.9. The number of ether oxygens (including phenoxy) is 1. The van der Waals surface area contributed by atoms with Gasteiger partial charge in [0, 0.05) is 24.3 Å². The van der Waals surface area contributed by atoms with Crippen LogP contribution in [0.5, 0.6) is 5.75 Å². The first kappa shape index (κ1) is 21.3. The molecule has 0 saturated carbocycles. The van der Waals surface area contributed by atoms with Crippen molar-refractivity contribution >= 4 is 48.5 Å². The number of aromatic nitrogens is 1. The second-order valence-electron chi connectivity index (χ2n) is 5.74. The predicted octanol–water partition coefficient (Wildman–Crippen LogP) is 4.90. The topological polar surface area (TPSA) is 63.2 Å². The molecule has 0 radical (unpaired) electrons. The summed E-state index contributed by atoms with van der Waals surface area (Å²) >= 11 is 6.71. The minimum Gasteiger partial charge on any atom is -0.494 e. The van der Waals surface area contributed by atoms with E-state index in [2.05, 4.69) is 53.8 Å². The molecule has 142 valence electrons. The number of pyridine rings is 1. The number of methoxy groups -OCH3 is 1. The zero-order chi connectivity index (χ0) is 18.9. The van der Waals surface area contributed by atoms with E-state index in [0.717, 1.165) is 24.9 Å². The molecule has 0 aliphatic heterocycles. The van der Waals surface area contributed by atoms with Crippen LogP contribution in [0.4, 0.5) is 5.69 Å². The van der Waals surface area contributed by atoms with Crippen molar-refractivity contribution in [3.05, 3.63) is 45.6 Å². The molecule has 8 heteroatoms. The first-order chi connectivity index (χ1) is 12.5. The van der Waals surface area contributed by atoms with Crippen LogP contribution in [0.2, 0.25) is 0 Å². The third kappa shape index (κ3) is 6.33. The van der Waals surface area contributed by atoms with Crippen molar-refractivity contribution in [2.75, 3.05) is 19.0 Å². The standard InChI is InChI=1S/C18H23Br2N3O2S/c1-3-4-8-14(12-21-13-9-6-5-7-10-13)23-26(24)16-11-15(25-2)17(19)22-18(16)20/h5-7,9-11,14,21,23H,3-4,8,12H2,1-2H3. The third-order valence-electron chi connectivity index (χ3n) is 3.79. The van der Waals surface area contributed by atoms with Crippen LogP contribution in [0.3, 0.4) is 0 Å². The van der Waals surface area contributed by atoms with Gasteiger partial charge in [-0.25, -0.2) is 13.9 Å². The smallest absolute Gasteiger partial charge is 0.152 e. The van der Waals surface area contributed by atoms with Gasteiger partial charge in [-0.1, -0.05) is 38.0 Å². The van der Waals surface area contributed by atoms with Gasteiger partial charge >= 0.3 is 0 Å². The molecule has 0 saturated heterocycles. The Hall–Kier alpha value is -0.960. The van der Waals surface area contributed by atoms with Crippen molar-refractivity contribution in [1.29, 1.82) is 0 Å². The Kier molecular flexibility index (Phi) is 9.04. The van der Waals surface area contributed by atoms with E-state index >= 15 is 0 Å². The molecule has 1 aromatic carbocycles. The van der Waals surface area contributed by atoms with Crippen LogP contribution in [-0.4, -0.2) is 28.9 Å². The minimum absolute atomic E-state index is 0.0672. The Morgan fingerprint density at radius 2 is 1.96 bits per heavy atom. The molecule has 2 rings (SSSR count). The molecular formula is C18H23Br2N3O2S. The number of hydrogen-bond acceptors (Lipinski definition) is 4. The maximum absolute atomic E-state index is 12.9. The Labute approximate surface area is 174 Å².